The third-order valence-electron chi connectivity index (χ3n) is 20.0. The van der Waals surface area contributed by atoms with E-state index in [1.807, 2.05) is 23.7 Å². The SMILES string of the molecule is CB(O)N(C)CCCN(CCCCCOB=NCC(C)CN(CCCCN(CCCN(C)B(C)O)B(C)O)B(C)O)B(C)O.CCCCCCCCCCCCCCCC(=O)NCCCCCCC.CCCCCCCCCCNC(=O)CCCCCCCCCCCNC(=O)[C@H](O)[C@@H](O)[C@H](O)CCO.O. The van der Waals surface area contributed by atoms with Crippen LogP contribution in [0.3, 0.4) is 0 Å². The van der Waals surface area contributed by atoms with Gasteiger partial charge in [0, 0.05) is 39.1 Å². The van der Waals surface area contributed by atoms with E-state index < -0.39 is 59.5 Å². The number of aliphatic hydroxyl groups is 4. The predicted molar refractivity (Wildman–Crippen MR) is 450 cm³/mol. The number of carbonyl (C=O) groups is 3. The predicted octanol–water partition coefficient (Wildman–Crippen LogP) is 10.9. The minimum atomic E-state index is -1.70. The van der Waals surface area contributed by atoms with Gasteiger partial charge in [0.2, 0.25) is 11.8 Å². The van der Waals surface area contributed by atoms with Crippen molar-refractivity contribution in [3.63, 3.8) is 0 Å². The van der Waals surface area contributed by atoms with Crippen LogP contribution in [0.2, 0.25) is 34.1 Å². The van der Waals surface area contributed by atoms with Crippen molar-refractivity contribution in [2.75, 3.05) is 106 Å². The van der Waals surface area contributed by atoms with Gasteiger partial charge in [-0.15, -0.1) is 0 Å². The summed E-state index contributed by atoms with van der Waals surface area (Å²) >= 11 is 0. The summed E-state index contributed by atoms with van der Waals surface area (Å²) in [6.07, 6.45) is 47.0. The quantitative estimate of drug-likeness (QED) is 0.0199. The zero-order valence-electron chi connectivity index (χ0n) is 70.3. The van der Waals surface area contributed by atoms with Crippen LogP contribution in [0.5, 0.6) is 0 Å². The van der Waals surface area contributed by atoms with Gasteiger partial charge in [0.15, 0.2) is 6.10 Å². The van der Waals surface area contributed by atoms with Crippen molar-refractivity contribution in [3.05, 3.63) is 0 Å². The second-order valence-electron chi connectivity index (χ2n) is 30.4. The van der Waals surface area contributed by atoms with Gasteiger partial charge in [-0.05, 0) is 65.8 Å². The van der Waals surface area contributed by atoms with Crippen LogP contribution in [0.1, 0.15) is 317 Å². The van der Waals surface area contributed by atoms with E-state index in [0.717, 1.165) is 181 Å². The molecule has 0 aliphatic carbocycles. The van der Waals surface area contributed by atoms with Gasteiger partial charge in [-0.2, -0.15) is 0 Å². The topological polar surface area (TPSA) is 339 Å². The summed E-state index contributed by atoms with van der Waals surface area (Å²) in [5, 5.41) is 96.0. The zero-order valence-corrected chi connectivity index (χ0v) is 70.3. The van der Waals surface area contributed by atoms with Crippen molar-refractivity contribution in [1.29, 1.82) is 0 Å². The number of hydrogen-bond acceptors (Lipinski definition) is 19. The van der Waals surface area contributed by atoms with E-state index in [2.05, 4.69) is 63.0 Å². The molecule has 4 atom stereocenters. The normalized spacial score (nSPS) is 12.5. The first kappa shape index (κ1) is 110. The Hall–Kier alpha value is -2.20. The molecule has 29 heteroatoms. The molecule has 14 N–H and O–H groups in total. The largest absolute Gasteiger partial charge is 0.412 e. The van der Waals surface area contributed by atoms with Crippen LogP contribution in [-0.2, 0) is 19.0 Å². The first-order valence-electron chi connectivity index (χ1n) is 43.1. The van der Waals surface area contributed by atoms with E-state index >= 15 is 0 Å². The van der Waals surface area contributed by atoms with Crippen LogP contribution in [0.4, 0.5) is 0 Å². The van der Waals surface area contributed by atoms with Gasteiger partial charge in [-0.25, -0.2) is 0 Å². The van der Waals surface area contributed by atoms with E-state index in [-0.39, 0.29) is 36.2 Å². The number of nitrogens with one attached hydrogen (secondary N) is 3. The van der Waals surface area contributed by atoms with Crippen molar-refractivity contribution in [1.82, 2.24) is 40.0 Å². The Morgan fingerprint density at radius 2 is 0.726 bits per heavy atom. The maximum atomic E-state index is 11.9. The Labute approximate surface area is 652 Å². The van der Waals surface area contributed by atoms with E-state index in [1.54, 1.807) is 41.4 Å². The smallest absolute Gasteiger partial charge is 0.251 e. The minimum Gasteiger partial charge on any atom is -0.412 e. The Balaban J connectivity index is -0.000000760. The molecule has 0 heterocycles. The fourth-order valence-corrected chi connectivity index (χ4v) is 12.5. The Morgan fingerprint density at radius 3 is 1.08 bits per heavy atom. The second-order valence-corrected chi connectivity index (χ2v) is 30.4. The molecule has 23 nitrogen and oxygen atoms in total. The summed E-state index contributed by atoms with van der Waals surface area (Å²) in [6, 6.07) is 0. The number of unbranched alkanes of at least 4 members (excludes halogenated alkanes) is 34. The molecule has 624 valence electrons. The molecule has 0 bridgehead atoms. The Bertz CT molecular complexity index is 1900. The molecule has 3 amide bonds. The summed E-state index contributed by atoms with van der Waals surface area (Å²) in [4.78, 5) is 49.8. The van der Waals surface area contributed by atoms with Crippen LogP contribution in [0.25, 0.3) is 0 Å². The third kappa shape index (κ3) is 75.8. The fraction of sp³-hybridized carbons (Fsp3) is 0.961. The standard InChI is InChI=1S/C28H56N2O6.C26H64B6N6O6.C23H47NO.H2O/c1-2-3-4-5-6-11-14-17-21-29-25(33)19-16-13-10-8-7-9-12-15-18-22-30-28(36)27(35)26(34)24(32)20-23-31;1-26(24-33-27-44-23-13-9-10-18-36(30(4)41)21-14-16-34(7)28(2)39)25-38(32(6)43)20-12-11-19-37(31(5)42)22-15-17-35(8)29(3)40;1-3-5-7-9-10-11-12-13-14-15-16-17-19-21-23(25)24-22-20-18-8-6-4-2;/h24,26-27,31-32,34-35H,2-23H2,1H3,(H,29,33)(H,30,36);26,39-43H,9-25H2,1-8H3;3-22H2,1-2H3,(H,24,25);1H2/t24-,26+,27-;;;/m1.../s1. The molecule has 0 spiro atoms. The number of amides is 3. The molecule has 106 heavy (non-hydrogen) atoms. The molecule has 0 fully saturated rings. The molecule has 0 saturated heterocycles. The van der Waals surface area contributed by atoms with Crippen molar-refractivity contribution >= 4 is 60.2 Å². The van der Waals surface area contributed by atoms with Gasteiger partial charge >= 0.3 is 231 Å². The van der Waals surface area contributed by atoms with E-state index in [1.165, 1.54) is 161 Å². The van der Waals surface area contributed by atoms with E-state index in [9.17, 15) is 54.8 Å². The molecule has 0 aliphatic rings. The van der Waals surface area contributed by atoms with Gasteiger partial charge in [0.25, 0.3) is 5.91 Å². The molecule has 0 aromatic rings. The van der Waals surface area contributed by atoms with Crippen molar-refractivity contribution in [2.24, 2.45) is 10.8 Å². The second kappa shape index (κ2) is 82.3. The van der Waals surface area contributed by atoms with Crippen molar-refractivity contribution < 1.29 is 70.1 Å². The van der Waals surface area contributed by atoms with E-state index in [4.69, 9.17) is 9.76 Å². The first-order chi connectivity index (χ1) is 50.5. The molecule has 0 aromatic carbocycles. The van der Waals surface area contributed by atoms with Gasteiger partial charge in [-0.3, -0.25) is 14.4 Å². The number of hydrogen-bond donors (Lipinski definition) is 12. The maximum Gasteiger partial charge on any atom is 0.251 e. The van der Waals surface area contributed by atoms with Gasteiger partial charge < -0.3 is 56.7 Å². The molecule has 0 aliphatic heterocycles. The summed E-state index contributed by atoms with van der Waals surface area (Å²) in [7, 11) is 2.89. The number of carbonyl (C=O) groups excluding carboxylic acids is 3. The van der Waals surface area contributed by atoms with Crippen LogP contribution in [-0.4, -0.2) is 259 Å². The average molecular weight is 1510 g/mol. The van der Waals surface area contributed by atoms with E-state index in [0.29, 0.717) is 26.1 Å². The molecule has 1 unspecified atom stereocenters. The first-order valence-corrected chi connectivity index (χ1v) is 43.1. The Kier molecular flexibility index (Phi) is 85.5. The molecule has 0 aromatic heterocycles. The molecule has 0 saturated carbocycles. The van der Waals surface area contributed by atoms with Crippen molar-refractivity contribution in [2.45, 2.75) is 369 Å². The number of nitrogens with zero attached hydrogens (tertiary/aromatic N) is 6. The summed E-state index contributed by atoms with van der Waals surface area (Å²) in [6.45, 7) is 27.1. The monoisotopic (exact) mass is 1510 g/mol. The maximum absolute atomic E-state index is 11.9. The van der Waals surface area contributed by atoms with Crippen LogP contribution in [0, 0.1) is 5.92 Å². The van der Waals surface area contributed by atoms with Crippen LogP contribution >= 0.6 is 0 Å². The van der Waals surface area contributed by atoms with Crippen LogP contribution < -0.4 is 16.0 Å². The summed E-state index contributed by atoms with van der Waals surface area (Å²) in [5.74, 6) is 0.0180. The van der Waals surface area contributed by atoms with Gasteiger partial charge in [0.1, 0.15) is 6.10 Å². The number of rotatable bonds is 75. The molecule has 0 rings (SSSR count). The van der Waals surface area contributed by atoms with Gasteiger partial charge in [-0.1, -0.05) is 213 Å². The minimum absolute atomic E-state index is 0. The van der Waals surface area contributed by atoms with Gasteiger partial charge in [0.05, 0.1) is 6.10 Å². The summed E-state index contributed by atoms with van der Waals surface area (Å²) in [5.41, 5.74) is 0. The zero-order chi connectivity index (χ0) is 78.8. The summed E-state index contributed by atoms with van der Waals surface area (Å²) < 4.78 is 5.59. The van der Waals surface area contributed by atoms with Crippen molar-refractivity contribution in [3.8, 4) is 0 Å². The Morgan fingerprint density at radius 1 is 0.415 bits per heavy atom. The number of aliphatic hydroxyl groups excluding tert-OH is 4. The molecular weight excluding hydrogens is 1340 g/mol. The average Bonchev–Trinajstić information content (AvgIpc) is 0.915. The molecular formula is C77H169B6N9O14. The third-order valence-corrected chi connectivity index (χ3v) is 20.0. The van der Waals surface area contributed by atoms with Crippen LogP contribution in [0.15, 0.2) is 4.90 Å². The fourth-order valence-electron chi connectivity index (χ4n) is 12.5. The molecule has 0 radical (unpaired) electrons.